The van der Waals surface area contributed by atoms with Gasteiger partial charge in [-0.05, 0) is 6.92 Å². The second-order valence-electron chi connectivity index (χ2n) is 1.75. The summed E-state index contributed by atoms with van der Waals surface area (Å²) in [5.41, 5.74) is 0. The van der Waals surface area contributed by atoms with Crippen LogP contribution in [-0.2, 0) is 9.53 Å². The van der Waals surface area contributed by atoms with Crippen LogP contribution in [0.4, 0.5) is 0 Å². The van der Waals surface area contributed by atoms with Crippen molar-refractivity contribution in [3.63, 3.8) is 0 Å². The number of nitrogens with two attached hydrogens (primary N) is 1. The van der Waals surface area contributed by atoms with Gasteiger partial charge in [-0.15, -0.1) is 0 Å². The third-order valence-electron chi connectivity index (χ3n) is 0.942. The summed E-state index contributed by atoms with van der Waals surface area (Å²) < 4.78 is 4.69. The van der Waals surface area contributed by atoms with E-state index in [9.17, 15) is 4.79 Å². The molecule has 0 radical (unpaired) electrons. The van der Waals surface area contributed by atoms with Gasteiger partial charge in [-0.2, -0.15) is 0 Å². The fourth-order valence-corrected chi connectivity index (χ4v) is 0.495. The first-order valence-electron chi connectivity index (χ1n) is 3.24. The van der Waals surface area contributed by atoms with Crippen LogP contribution in [0, 0.1) is 0 Å². The standard InChI is InChI=1S/C6H13NO2/c1-3-9-6(8)4-5-7-2/h7H,3-5H2,1-2H3/p+1. The molecule has 0 amide bonds. The van der Waals surface area contributed by atoms with Crippen molar-refractivity contribution in [3.8, 4) is 0 Å². The second-order valence-corrected chi connectivity index (χ2v) is 1.75. The number of rotatable bonds is 4. The first-order chi connectivity index (χ1) is 4.31. The number of quaternary nitrogens is 1. The van der Waals surface area contributed by atoms with E-state index >= 15 is 0 Å². The van der Waals surface area contributed by atoms with E-state index in [1.165, 1.54) is 0 Å². The van der Waals surface area contributed by atoms with Gasteiger partial charge >= 0.3 is 5.97 Å². The minimum absolute atomic E-state index is 0.101. The van der Waals surface area contributed by atoms with Gasteiger partial charge in [0.15, 0.2) is 0 Å². The molecule has 0 aliphatic carbocycles. The smallest absolute Gasteiger partial charge is 0.311 e. The number of carbonyl (C=O) groups is 1. The summed E-state index contributed by atoms with van der Waals surface area (Å²) >= 11 is 0. The first-order valence-corrected chi connectivity index (χ1v) is 3.24. The monoisotopic (exact) mass is 132 g/mol. The largest absolute Gasteiger partial charge is 0.466 e. The SMILES string of the molecule is CCOC(=O)CC[NH2+]C. The molecule has 54 valence electrons. The van der Waals surface area contributed by atoms with Crippen molar-refractivity contribution in [2.24, 2.45) is 0 Å². The van der Waals surface area contributed by atoms with Crippen LogP contribution in [0.3, 0.4) is 0 Å². The van der Waals surface area contributed by atoms with Gasteiger partial charge in [0.2, 0.25) is 0 Å². The molecule has 0 aliphatic rings. The normalized spacial score (nSPS) is 9.11. The Bertz CT molecular complexity index is 83.1. The Morgan fingerprint density at radius 3 is 2.78 bits per heavy atom. The zero-order valence-corrected chi connectivity index (χ0v) is 6.02. The summed E-state index contributed by atoms with van der Waals surface area (Å²) in [4.78, 5) is 10.6. The Labute approximate surface area is 55.4 Å². The lowest BCUT2D eigenvalue weighted by molar-refractivity contribution is -0.625. The maximum atomic E-state index is 10.6. The van der Waals surface area contributed by atoms with Gasteiger partial charge < -0.3 is 10.1 Å². The molecule has 0 fully saturated rings. The number of esters is 1. The molecule has 0 heterocycles. The van der Waals surface area contributed by atoms with Crippen molar-refractivity contribution in [2.45, 2.75) is 13.3 Å². The van der Waals surface area contributed by atoms with Crippen molar-refractivity contribution in [1.29, 1.82) is 0 Å². The van der Waals surface area contributed by atoms with E-state index in [4.69, 9.17) is 0 Å². The molecule has 0 rings (SSSR count). The predicted molar refractivity (Wildman–Crippen MR) is 34.0 cm³/mol. The van der Waals surface area contributed by atoms with Crippen LogP contribution in [0.1, 0.15) is 13.3 Å². The van der Waals surface area contributed by atoms with Crippen LogP contribution < -0.4 is 5.32 Å². The fourth-order valence-electron chi connectivity index (χ4n) is 0.495. The van der Waals surface area contributed by atoms with Crippen molar-refractivity contribution in [3.05, 3.63) is 0 Å². The molecule has 0 spiro atoms. The van der Waals surface area contributed by atoms with Gasteiger partial charge in [0.25, 0.3) is 0 Å². The molecule has 3 heteroatoms. The molecule has 0 aromatic rings. The zero-order chi connectivity index (χ0) is 7.11. The molecule has 2 N–H and O–H groups in total. The highest BCUT2D eigenvalue weighted by atomic mass is 16.5. The van der Waals surface area contributed by atoms with E-state index < -0.39 is 0 Å². The topological polar surface area (TPSA) is 42.9 Å². The van der Waals surface area contributed by atoms with Crippen LogP contribution in [0.25, 0.3) is 0 Å². The average Bonchev–Trinajstić information content (AvgIpc) is 1.85. The number of carbonyl (C=O) groups excluding carboxylic acids is 1. The van der Waals surface area contributed by atoms with Gasteiger partial charge in [0.05, 0.1) is 26.6 Å². The van der Waals surface area contributed by atoms with Crippen molar-refractivity contribution >= 4 is 5.97 Å². The molecule has 0 atom stereocenters. The molecule has 0 bridgehead atoms. The molecular formula is C6H14NO2+. The highest BCUT2D eigenvalue weighted by Gasteiger charge is 1.99. The lowest BCUT2D eigenvalue weighted by Gasteiger charge is -1.97. The van der Waals surface area contributed by atoms with E-state index in [1.54, 1.807) is 0 Å². The maximum Gasteiger partial charge on any atom is 0.311 e. The molecule has 0 aliphatic heterocycles. The molecular weight excluding hydrogens is 118 g/mol. The lowest BCUT2D eigenvalue weighted by atomic mass is 10.4. The third kappa shape index (κ3) is 5.30. The number of hydrogen-bond donors (Lipinski definition) is 1. The summed E-state index contributed by atoms with van der Waals surface area (Å²) in [6.07, 6.45) is 0.518. The number of ether oxygens (including phenoxy) is 1. The van der Waals surface area contributed by atoms with E-state index in [2.05, 4.69) is 4.74 Å². The predicted octanol–water partition coefficient (Wildman–Crippen LogP) is -0.867. The van der Waals surface area contributed by atoms with Gasteiger partial charge in [0.1, 0.15) is 0 Å². The van der Waals surface area contributed by atoms with Gasteiger partial charge in [-0.1, -0.05) is 0 Å². The van der Waals surface area contributed by atoms with E-state index in [0.717, 1.165) is 6.54 Å². The summed E-state index contributed by atoms with van der Waals surface area (Å²) in [6, 6.07) is 0. The third-order valence-corrected chi connectivity index (χ3v) is 0.942. The van der Waals surface area contributed by atoms with Crippen molar-refractivity contribution < 1.29 is 14.8 Å². The summed E-state index contributed by atoms with van der Waals surface area (Å²) in [7, 11) is 1.93. The lowest BCUT2D eigenvalue weighted by Crippen LogP contribution is -2.79. The van der Waals surface area contributed by atoms with E-state index in [0.29, 0.717) is 13.0 Å². The van der Waals surface area contributed by atoms with Crippen LogP contribution in [0.2, 0.25) is 0 Å². The van der Waals surface area contributed by atoms with Gasteiger partial charge in [-0.25, -0.2) is 0 Å². The fraction of sp³-hybridized carbons (Fsp3) is 0.833. The Morgan fingerprint density at radius 1 is 1.67 bits per heavy atom. The molecule has 0 saturated heterocycles. The second kappa shape index (κ2) is 5.56. The minimum atomic E-state index is -0.101. The summed E-state index contributed by atoms with van der Waals surface area (Å²) in [5, 5.41) is 1.96. The van der Waals surface area contributed by atoms with Gasteiger partial charge in [-0.3, -0.25) is 4.79 Å². The van der Waals surface area contributed by atoms with Crippen LogP contribution >= 0.6 is 0 Å². The van der Waals surface area contributed by atoms with Crippen LogP contribution in [0.5, 0.6) is 0 Å². The average molecular weight is 132 g/mol. The van der Waals surface area contributed by atoms with E-state index in [1.807, 2.05) is 19.3 Å². The van der Waals surface area contributed by atoms with Crippen LogP contribution in [0.15, 0.2) is 0 Å². The molecule has 0 aromatic heterocycles. The highest BCUT2D eigenvalue weighted by Crippen LogP contribution is 1.80. The molecule has 9 heavy (non-hydrogen) atoms. The number of hydrogen-bond acceptors (Lipinski definition) is 2. The van der Waals surface area contributed by atoms with Gasteiger partial charge in [0, 0.05) is 0 Å². The Kier molecular flexibility index (Phi) is 5.21. The molecule has 0 unspecified atom stereocenters. The summed E-state index contributed by atoms with van der Waals surface area (Å²) in [6.45, 7) is 3.12. The highest BCUT2D eigenvalue weighted by molar-refractivity contribution is 5.69. The quantitative estimate of drug-likeness (QED) is 0.505. The maximum absolute atomic E-state index is 10.6. The molecule has 3 nitrogen and oxygen atoms in total. The summed E-state index contributed by atoms with van der Waals surface area (Å²) in [5.74, 6) is -0.101. The Balaban J connectivity index is 3.06. The zero-order valence-electron chi connectivity index (χ0n) is 6.02. The molecule has 0 saturated carbocycles. The first kappa shape index (κ1) is 8.43. The minimum Gasteiger partial charge on any atom is -0.466 e. The molecule has 0 aromatic carbocycles. The van der Waals surface area contributed by atoms with Crippen molar-refractivity contribution in [2.75, 3.05) is 20.2 Å². The van der Waals surface area contributed by atoms with E-state index in [-0.39, 0.29) is 5.97 Å². The van der Waals surface area contributed by atoms with Crippen LogP contribution in [-0.4, -0.2) is 26.2 Å². The van der Waals surface area contributed by atoms with Crippen molar-refractivity contribution in [1.82, 2.24) is 0 Å². The Morgan fingerprint density at radius 2 is 2.33 bits per heavy atom. The Hall–Kier alpha value is -0.570.